The van der Waals surface area contributed by atoms with Crippen LogP contribution in [0.5, 0.6) is 5.75 Å². The Morgan fingerprint density at radius 1 is 1.03 bits per heavy atom. The smallest absolute Gasteiger partial charge is 0.338 e. The van der Waals surface area contributed by atoms with E-state index >= 15 is 0 Å². The van der Waals surface area contributed by atoms with Crippen LogP contribution in [0.4, 0.5) is 4.39 Å². The second kappa shape index (κ2) is 9.77. The Bertz CT molecular complexity index is 1320. The average Bonchev–Trinajstić information content (AvgIpc) is 3.43. The van der Waals surface area contributed by atoms with Crippen molar-refractivity contribution in [2.75, 3.05) is 13.1 Å². The van der Waals surface area contributed by atoms with Gasteiger partial charge in [-0.15, -0.1) is 0 Å². The predicted octanol–water partition coefficient (Wildman–Crippen LogP) is 4.58. The Morgan fingerprint density at radius 2 is 1.74 bits per heavy atom. The zero-order valence-electron chi connectivity index (χ0n) is 18.9. The van der Waals surface area contributed by atoms with Crippen LogP contribution in [0.3, 0.4) is 0 Å². The summed E-state index contributed by atoms with van der Waals surface area (Å²) in [6.45, 7) is 0.944. The SMILES string of the molecule is O=C(OCc1cc(F)cc2c1O[C@@H](c1ccccc1)OC2)c1ccc(S(=O)(=O)N2CCCC2)cc1. The normalized spacial score (nSPS) is 18.0. The summed E-state index contributed by atoms with van der Waals surface area (Å²) in [4.78, 5) is 12.8. The second-order valence-corrected chi connectivity index (χ2v) is 10.4. The van der Waals surface area contributed by atoms with Gasteiger partial charge in [0.2, 0.25) is 16.3 Å². The monoisotopic (exact) mass is 497 g/mol. The lowest BCUT2D eigenvalue weighted by molar-refractivity contribution is -0.112. The highest BCUT2D eigenvalue weighted by Gasteiger charge is 2.28. The Labute approximate surface area is 203 Å². The number of sulfonamides is 1. The Hall–Kier alpha value is -3.27. The Balaban J connectivity index is 1.29. The molecular weight excluding hydrogens is 473 g/mol. The lowest BCUT2D eigenvalue weighted by Gasteiger charge is -2.28. The summed E-state index contributed by atoms with van der Waals surface area (Å²) in [5.74, 6) is -0.720. The fraction of sp³-hybridized carbons (Fsp3) is 0.269. The molecule has 0 aliphatic carbocycles. The lowest BCUT2D eigenvalue weighted by atomic mass is 10.1. The molecule has 0 aromatic heterocycles. The third-order valence-corrected chi connectivity index (χ3v) is 7.96. The second-order valence-electron chi connectivity index (χ2n) is 8.44. The fourth-order valence-electron chi connectivity index (χ4n) is 4.23. The third-order valence-electron chi connectivity index (χ3n) is 6.05. The van der Waals surface area contributed by atoms with Gasteiger partial charge in [-0.05, 0) is 49.2 Å². The first-order valence-corrected chi connectivity index (χ1v) is 12.8. The van der Waals surface area contributed by atoms with E-state index in [2.05, 4.69) is 0 Å². The topological polar surface area (TPSA) is 82.1 Å². The number of fused-ring (bicyclic) bond motifs is 1. The van der Waals surface area contributed by atoms with Gasteiger partial charge in [-0.3, -0.25) is 0 Å². The Morgan fingerprint density at radius 3 is 2.46 bits per heavy atom. The molecule has 9 heteroatoms. The predicted molar refractivity (Wildman–Crippen MR) is 125 cm³/mol. The molecule has 0 N–H and O–H groups in total. The number of halogens is 1. The van der Waals surface area contributed by atoms with Crippen molar-refractivity contribution in [1.82, 2.24) is 4.31 Å². The zero-order chi connectivity index (χ0) is 24.4. The molecule has 1 fully saturated rings. The molecule has 2 heterocycles. The molecule has 182 valence electrons. The number of esters is 1. The molecule has 3 aromatic carbocycles. The summed E-state index contributed by atoms with van der Waals surface area (Å²) >= 11 is 0. The highest BCUT2D eigenvalue weighted by Crippen LogP contribution is 2.37. The standard InChI is InChI=1S/C26H24FNO6S/c27-22-14-20(24-21(15-22)17-33-26(34-24)19-6-2-1-3-7-19)16-32-25(29)18-8-10-23(11-9-18)35(30,31)28-12-4-5-13-28/h1-3,6-11,14-15,26H,4-5,12-13,16-17H2/t26-/m0/s1. The molecule has 0 bridgehead atoms. The maximum Gasteiger partial charge on any atom is 0.338 e. The fourth-order valence-corrected chi connectivity index (χ4v) is 5.74. The molecule has 35 heavy (non-hydrogen) atoms. The van der Waals surface area contributed by atoms with Gasteiger partial charge in [-0.2, -0.15) is 4.31 Å². The quantitative estimate of drug-likeness (QED) is 0.464. The van der Waals surface area contributed by atoms with Crippen LogP contribution in [0, 0.1) is 5.82 Å². The van der Waals surface area contributed by atoms with Gasteiger partial charge in [-0.25, -0.2) is 17.6 Å². The van der Waals surface area contributed by atoms with Crippen molar-refractivity contribution in [1.29, 1.82) is 0 Å². The molecule has 7 nitrogen and oxygen atoms in total. The van der Waals surface area contributed by atoms with Gasteiger partial charge < -0.3 is 14.2 Å². The van der Waals surface area contributed by atoms with Crippen LogP contribution in [-0.4, -0.2) is 31.8 Å². The Kier molecular flexibility index (Phi) is 6.55. The first-order valence-electron chi connectivity index (χ1n) is 11.3. The van der Waals surface area contributed by atoms with Crippen molar-refractivity contribution in [2.24, 2.45) is 0 Å². The van der Waals surface area contributed by atoms with Gasteiger partial charge in [0, 0.05) is 29.8 Å². The van der Waals surface area contributed by atoms with E-state index in [-0.39, 0.29) is 23.7 Å². The zero-order valence-corrected chi connectivity index (χ0v) is 19.7. The van der Waals surface area contributed by atoms with Crippen LogP contribution in [0.2, 0.25) is 0 Å². The summed E-state index contributed by atoms with van der Waals surface area (Å²) in [6.07, 6.45) is 1.03. The largest absolute Gasteiger partial charge is 0.460 e. The van der Waals surface area contributed by atoms with E-state index < -0.39 is 28.1 Å². The number of benzene rings is 3. The lowest BCUT2D eigenvalue weighted by Crippen LogP contribution is -2.27. The first kappa shape index (κ1) is 23.5. The molecule has 0 radical (unpaired) electrons. The van der Waals surface area contributed by atoms with Crippen LogP contribution in [0.15, 0.2) is 71.6 Å². The number of ether oxygens (including phenoxy) is 3. The molecule has 5 rings (SSSR count). The summed E-state index contributed by atoms with van der Waals surface area (Å²) in [5, 5.41) is 0. The van der Waals surface area contributed by atoms with Gasteiger partial charge in [-0.1, -0.05) is 30.3 Å². The van der Waals surface area contributed by atoms with E-state index in [4.69, 9.17) is 14.2 Å². The van der Waals surface area contributed by atoms with E-state index in [9.17, 15) is 17.6 Å². The number of rotatable bonds is 6. The number of hydrogen-bond donors (Lipinski definition) is 0. The molecule has 0 spiro atoms. The number of carbonyl (C=O) groups excluding carboxylic acids is 1. The third kappa shape index (κ3) is 4.93. The van der Waals surface area contributed by atoms with E-state index in [1.807, 2.05) is 30.3 Å². The average molecular weight is 498 g/mol. The van der Waals surface area contributed by atoms with Crippen molar-refractivity contribution in [3.05, 3.63) is 94.8 Å². The molecule has 2 aliphatic rings. The molecule has 1 saturated heterocycles. The van der Waals surface area contributed by atoms with Gasteiger partial charge >= 0.3 is 5.97 Å². The van der Waals surface area contributed by atoms with E-state index in [0.29, 0.717) is 30.0 Å². The molecule has 0 amide bonds. The molecule has 0 unspecified atom stereocenters. The van der Waals surface area contributed by atoms with Crippen molar-refractivity contribution in [2.45, 2.75) is 37.2 Å². The van der Waals surface area contributed by atoms with Gasteiger partial charge in [0.1, 0.15) is 18.2 Å². The highest BCUT2D eigenvalue weighted by molar-refractivity contribution is 7.89. The van der Waals surface area contributed by atoms with E-state index in [0.717, 1.165) is 18.4 Å². The van der Waals surface area contributed by atoms with Crippen molar-refractivity contribution in [3.63, 3.8) is 0 Å². The summed E-state index contributed by atoms with van der Waals surface area (Å²) in [6, 6.07) is 17.6. The van der Waals surface area contributed by atoms with Crippen LogP contribution in [0.25, 0.3) is 0 Å². The maximum absolute atomic E-state index is 14.2. The molecule has 2 aliphatic heterocycles. The van der Waals surface area contributed by atoms with Crippen LogP contribution < -0.4 is 4.74 Å². The minimum atomic E-state index is -3.57. The summed E-state index contributed by atoms with van der Waals surface area (Å²) in [5.41, 5.74) is 1.92. The number of nitrogens with zero attached hydrogens (tertiary/aromatic N) is 1. The molecule has 1 atom stereocenters. The van der Waals surface area contributed by atoms with Gasteiger partial charge in [0.05, 0.1) is 17.1 Å². The number of carbonyl (C=O) groups is 1. The maximum atomic E-state index is 14.2. The van der Waals surface area contributed by atoms with Crippen molar-refractivity contribution >= 4 is 16.0 Å². The van der Waals surface area contributed by atoms with Gasteiger partial charge in [0.15, 0.2) is 0 Å². The first-order chi connectivity index (χ1) is 16.9. The minimum Gasteiger partial charge on any atom is -0.460 e. The van der Waals surface area contributed by atoms with E-state index in [1.165, 1.54) is 40.7 Å². The van der Waals surface area contributed by atoms with Crippen LogP contribution in [0.1, 0.15) is 46.2 Å². The van der Waals surface area contributed by atoms with Gasteiger partial charge in [0.25, 0.3) is 0 Å². The molecule has 0 saturated carbocycles. The summed E-state index contributed by atoms with van der Waals surface area (Å²) in [7, 11) is -3.57. The van der Waals surface area contributed by atoms with Crippen molar-refractivity contribution < 1.29 is 31.8 Å². The van der Waals surface area contributed by atoms with Crippen LogP contribution in [-0.2, 0) is 32.7 Å². The van der Waals surface area contributed by atoms with Crippen LogP contribution >= 0.6 is 0 Å². The molecule has 3 aromatic rings. The highest BCUT2D eigenvalue weighted by atomic mass is 32.2. The van der Waals surface area contributed by atoms with Crippen molar-refractivity contribution in [3.8, 4) is 5.75 Å². The summed E-state index contributed by atoms with van der Waals surface area (Å²) < 4.78 is 58.1. The van der Waals surface area contributed by atoms with E-state index in [1.54, 1.807) is 0 Å². The molecular formula is C26H24FNO6S. The minimum absolute atomic E-state index is 0.135. The number of hydrogen-bond acceptors (Lipinski definition) is 6.